The van der Waals surface area contributed by atoms with Gasteiger partial charge in [0.1, 0.15) is 17.0 Å². The van der Waals surface area contributed by atoms with Crippen LogP contribution in [0.4, 0.5) is 13.6 Å². The Balaban J connectivity index is 1.48. The van der Waals surface area contributed by atoms with Crippen molar-refractivity contribution in [2.75, 3.05) is 13.2 Å². The smallest absolute Gasteiger partial charge is 0.410 e. The van der Waals surface area contributed by atoms with E-state index in [0.717, 1.165) is 10.4 Å². The second-order valence-corrected chi connectivity index (χ2v) is 20.2. The molecule has 1 aromatic heterocycles. The second-order valence-electron chi connectivity index (χ2n) is 15.9. The van der Waals surface area contributed by atoms with Crippen LogP contribution in [0.3, 0.4) is 0 Å². The van der Waals surface area contributed by atoms with E-state index in [1.807, 2.05) is 43.3 Å². The van der Waals surface area contributed by atoms with E-state index in [1.54, 1.807) is 44.7 Å². The van der Waals surface area contributed by atoms with E-state index in [0.29, 0.717) is 23.2 Å². The Morgan fingerprint density at radius 3 is 2.06 bits per heavy atom. The second kappa shape index (κ2) is 16.4. The normalized spacial score (nSPS) is 16.1. The lowest BCUT2D eigenvalue weighted by Crippen LogP contribution is -2.67. The molecule has 0 aliphatic carbocycles. The zero-order valence-electron chi connectivity index (χ0n) is 32.3. The minimum absolute atomic E-state index is 0.0171. The Labute approximate surface area is 317 Å². The van der Waals surface area contributed by atoms with Gasteiger partial charge < -0.3 is 28.8 Å². The summed E-state index contributed by atoms with van der Waals surface area (Å²) in [5.74, 6) is -0.469. The predicted octanol–water partition coefficient (Wildman–Crippen LogP) is 6.83. The molecule has 2 heterocycles. The van der Waals surface area contributed by atoms with Gasteiger partial charge in [0.2, 0.25) is 0 Å². The molecule has 1 aliphatic rings. The minimum atomic E-state index is -3.02. The first-order valence-electron chi connectivity index (χ1n) is 18.3. The number of fused-ring (bicyclic) bond motifs is 1. The van der Waals surface area contributed by atoms with E-state index in [4.69, 9.17) is 9.16 Å². The van der Waals surface area contributed by atoms with Crippen LogP contribution in [0.1, 0.15) is 88.7 Å². The van der Waals surface area contributed by atoms with Crippen LogP contribution in [0.15, 0.2) is 84.9 Å². The summed E-state index contributed by atoms with van der Waals surface area (Å²) in [4.78, 5) is 31.0. The molecule has 2 amide bonds. The summed E-state index contributed by atoms with van der Waals surface area (Å²) in [6.07, 6.45) is -1.21. The van der Waals surface area contributed by atoms with Crippen LogP contribution in [0.2, 0.25) is 5.04 Å². The number of benzene rings is 3. The van der Waals surface area contributed by atoms with Gasteiger partial charge in [-0.15, -0.1) is 0 Å². The third-order valence-electron chi connectivity index (χ3n) is 9.78. The Morgan fingerprint density at radius 2 is 1.54 bits per heavy atom. The fourth-order valence-electron chi connectivity index (χ4n) is 7.13. The number of aliphatic hydroxyl groups excluding tert-OH is 1. The van der Waals surface area contributed by atoms with Crippen molar-refractivity contribution >= 4 is 30.7 Å². The summed E-state index contributed by atoms with van der Waals surface area (Å²) in [5, 5.41) is 21.0. The number of halogens is 2. The van der Waals surface area contributed by atoms with Crippen molar-refractivity contribution in [1.29, 1.82) is 0 Å². The molecule has 0 fully saturated rings. The molecule has 3 aromatic carbocycles. The van der Waals surface area contributed by atoms with Crippen molar-refractivity contribution in [3.8, 4) is 5.75 Å². The number of hydrogen-bond donors (Lipinski definition) is 2. The number of aromatic amines is 1. The molecular weight excluding hydrogens is 711 g/mol. The van der Waals surface area contributed by atoms with E-state index < -0.39 is 44.7 Å². The van der Waals surface area contributed by atoms with Crippen LogP contribution in [-0.2, 0) is 22.1 Å². The van der Waals surface area contributed by atoms with Crippen LogP contribution in [0.25, 0.3) is 0 Å². The number of ether oxygens (including phenoxy) is 2. The molecule has 0 saturated heterocycles. The highest BCUT2D eigenvalue weighted by Crippen LogP contribution is 2.37. The maximum absolute atomic E-state index is 14.7. The molecular formula is C41H52F2N4O6Si. The maximum Gasteiger partial charge on any atom is 0.410 e. The topological polar surface area (TPSA) is 117 Å². The van der Waals surface area contributed by atoms with E-state index >= 15 is 0 Å². The summed E-state index contributed by atoms with van der Waals surface area (Å²) < 4.78 is 43.1. The SMILES string of the molecule is C[C@@H]1Cc2n[nH]c(C(=O)N(C[C@@H](O)CO[Si](c3ccccc3)(c3ccccc3)C(C)(C)C)[C@@H](C)c3ccc(OC(F)F)cc3)c2CN1C(=O)OC(C)(C)C. The van der Waals surface area contributed by atoms with Crippen molar-refractivity contribution in [3.63, 3.8) is 0 Å². The zero-order valence-corrected chi connectivity index (χ0v) is 33.3. The first-order chi connectivity index (χ1) is 25.4. The van der Waals surface area contributed by atoms with Gasteiger partial charge in [-0.2, -0.15) is 13.9 Å². The summed E-state index contributed by atoms with van der Waals surface area (Å²) in [6.45, 7) is 12.5. The van der Waals surface area contributed by atoms with E-state index in [9.17, 15) is 23.5 Å². The number of hydrogen-bond acceptors (Lipinski definition) is 7. The fourth-order valence-corrected chi connectivity index (χ4v) is 11.7. The van der Waals surface area contributed by atoms with Crippen molar-refractivity contribution < 1.29 is 37.4 Å². The number of amides is 2. The molecule has 5 rings (SSSR count). The molecule has 2 N–H and O–H groups in total. The third kappa shape index (κ3) is 9.02. The van der Waals surface area contributed by atoms with Gasteiger partial charge in [0.25, 0.3) is 14.2 Å². The fraction of sp³-hybridized carbons (Fsp3) is 0.439. The monoisotopic (exact) mass is 762 g/mol. The summed E-state index contributed by atoms with van der Waals surface area (Å²) in [6, 6.07) is 25.4. The van der Waals surface area contributed by atoms with Crippen LogP contribution in [0.5, 0.6) is 5.75 Å². The summed E-state index contributed by atoms with van der Waals surface area (Å²) in [5.41, 5.74) is 1.35. The quantitative estimate of drug-likeness (QED) is 0.152. The number of rotatable bonds is 12. The van der Waals surface area contributed by atoms with Gasteiger partial charge in [-0.3, -0.25) is 9.89 Å². The van der Waals surface area contributed by atoms with Gasteiger partial charge in [0.05, 0.1) is 31.0 Å². The molecule has 290 valence electrons. The highest BCUT2D eigenvalue weighted by atomic mass is 28.4. The third-order valence-corrected chi connectivity index (χ3v) is 14.8. The Kier molecular flexibility index (Phi) is 12.3. The lowest BCUT2D eigenvalue weighted by atomic mass is 9.99. The van der Waals surface area contributed by atoms with Gasteiger partial charge in [-0.25, -0.2) is 4.79 Å². The van der Waals surface area contributed by atoms with E-state index in [1.165, 1.54) is 17.0 Å². The van der Waals surface area contributed by atoms with Crippen molar-refractivity contribution in [3.05, 3.63) is 107 Å². The average molecular weight is 763 g/mol. The summed E-state index contributed by atoms with van der Waals surface area (Å²) in [7, 11) is -3.02. The minimum Gasteiger partial charge on any atom is -0.444 e. The number of alkyl halides is 2. The number of carbonyl (C=O) groups is 2. The van der Waals surface area contributed by atoms with Crippen LogP contribution in [-0.4, -0.2) is 82.9 Å². The van der Waals surface area contributed by atoms with Crippen molar-refractivity contribution in [2.24, 2.45) is 0 Å². The molecule has 0 radical (unpaired) electrons. The molecule has 0 bridgehead atoms. The predicted molar refractivity (Wildman–Crippen MR) is 206 cm³/mol. The van der Waals surface area contributed by atoms with Crippen LogP contribution >= 0.6 is 0 Å². The lowest BCUT2D eigenvalue weighted by molar-refractivity contribution is -0.0498. The number of H-pyrrole nitrogens is 1. The standard InChI is InChI=1S/C41H52F2N4O6Si/c1-27-23-35-34(25-46(27)39(50)53-40(3,4)5)36(45-44-35)37(49)47(28(2)29-19-21-31(22-20-29)52-38(42)43)24-30(48)26-51-54(41(6,7)8,32-15-11-9-12-16-32)33-17-13-10-14-18-33/h9-22,27-28,30,38,48H,23-26H2,1-8H3,(H,44,45)/t27-,28+,30-/m1/s1. The van der Waals surface area contributed by atoms with E-state index in [-0.39, 0.29) is 42.2 Å². The largest absolute Gasteiger partial charge is 0.444 e. The maximum atomic E-state index is 14.7. The number of aliphatic hydroxyl groups is 1. The van der Waals surface area contributed by atoms with Gasteiger partial charge in [0.15, 0.2) is 0 Å². The van der Waals surface area contributed by atoms with Gasteiger partial charge in [0, 0.05) is 24.6 Å². The number of aromatic nitrogens is 2. The van der Waals surface area contributed by atoms with Gasteiger partial charge in [-0.05, 0) is 67.7 Å². The number of nitrogens with one attached hydrogen (secondary N) is 1. The average Bonchev–Trinajstić information content (AvgIpc) is 3.52. The van der Waals surface area contributed by atoms with Crippen molar-refractivity contribution in [2.45, 2.75) is 104 Å². The molecule has 54 heavy (non-hydrogen) atoms. The lowest BCUT2D eigenvalue weighted by Gasteiger charge is -2.43. The van der Waals surface area contributed by atoms with Crippen LogP contribution in [0, 0.1) is 0 Å². The number of carbonyl (C=O) groups excluding carboxylic acids is 2. The highest BCUT2D eigenvalue weighted by Gasteiger charge is 2.50. The molecule has 13 heteroatoms. The molecule has 0 unspecified atom stereocenters. The first kappa shape index (κ1) is 40.6. The first-order valence-corrected chi connectivity index (χ1v) is 20.2. The Hall–Kier alpha value is -4.59. The van der Waals surface area contributed by atoms with Crippen LogP contribution < -0.4 is 15.1 Å². The van der Waals surface area contributed by atoms with Crippen molar-refractivity contribution in [1.82, 2.24) is 20.0 Å². The molecule has 1 aliphatic heterocycles. The Morgan fingerprint density at radius 1 is 0.963 bits per heavy atom. The number of nitrogens with zero attached hydrogens (tertiary/aromatic N) is 3. The molecule has 3 atom stereocenters. The molecule has 0 spiro atoms. The van der Waals surface area contributed by atoms with E-state index in [2.05, 4.69) is 60.0 Å². The molecule has 0 saturated carbocycles. The Bertz CT molecular complexity index is 1820. The molecule has 10 nitrogen and oxygen atoms in total. The summed E-state index contributed by atoms with van der Waals surface area (Å²) >= 11 is 0. The van der Waals surface area contributed by atoms with Gasteiger partial charge >= 0.3 is 12.7 Å². The van der Waals surface area contributed by atoms with Gasteiger partial charge in [-0.1, -0.05) is 93.6 Å². The highest BCUT2D eigenvalue weighted by molar-refractivity contribution is 6.99. The molecule has 4 aromatic rings. The zero-order chi connectivity index (χ0) is 39.4.